The third-order valence-corrected chi connectivity index (χ3v) is 3.55. The van der Waals surface area contributed by atoms with E-state index in [9.17, 15) is 4.79 Å². The maximum atomic E-state index is 12.5. The van der Waals surface area contributed by atoms with Crippen LogP contribution in [-0.4, -0.2) is 17.4 Å². The van der Waals surface area contributed by atoms with Crippen molar-refractivity contribution >= 4 is 28.9 Å². The smallest absolute Gasteiger partial charge is 0.259 e. The lowest BCUT2D eigenvalue weighted by Gasteiger charge is -2.18. The molecule has 96 valence electrons. The normalized spacial score (nSPS) is 13.4. The summed E-state index contributed by atoms with van der Waals surface area (Å²) in [6.45, 7) is 0.649. The highest BCUT2D eigenvalue weighted by molar-refractivity contribution is 6.34. The molecule has 5 heteroatoms. The number of rotatable bonds is 1. The van der Waals surface area contributed by atoms with Gasteiger partial charge in [0.05, 0.1) is 10.6 Å². The van der Waals surface area contributed by atoms with Crippen molar-refractivity contribution in [3.63, 3.8) is 0 Å². The molecule has 0 atom stereocenters. The summed E-state index contributed by atoms with van der Waals surface area (Å²) in [5.41, 5.74) is 8.95. The van der Waals surface area contributed by atoms with Gasteiger partial charge >= 0.3 is 0 Å². The predicted octanol–water partition coefficient (Wildman–Crippen LogP) is 2.52. The minimum absolute atomic E-state index is 0.101. The largest absolute Gasteiger partial charge is 0.399 e. The van der Waals surface area contributed by atoms with Gasteiger partial charge in [0.2, 0.25) is 0 Å². The molecule has 1 aliphatic rings. The highest BCUT2D eigenvalue weighted by Crippen LogP contribution is 2.31. The third-order valence-electron chi connectivity index (χ3n) is 3.25. The van der Waals surface area contributed by atoms with Crippen molar-refractivity contribution in [2.75, 3.05) is 17.2 Å². The number of amides is 1. The van der Waals surface area contributed by atoms with Gasteiger partial charge in [-0.3, -0.25) is 9.78 Å². The Balaban J connectivity index is 1.98. The van der Waals surface area contributed by atoms with Crippen molar-refractivity contribution in [2.24, 2.45) is 0 Å². The topological polar surface area (TPSA) is 59.2 Å². The van der Waals surface area contributed by atoms with Crippen molar-refractivity contribution in [3.05, 3.63) is 52.8 Å². The second-order valence-electron chi connectivity index (χ2n) is 4.45. The van der Waals surface area contributed by atoms with Crippen molar-refractivity contribution < 1.29 is 4.79 Å². The molecule has 0 fully saturated rings. The van der Waals surface area contributed by atoms with Crippen molar-refractivity contribution in [1.29, 1.82) is 0 Å². The maximum absolute atomic E-state index is 12.5. The summed E-state index contributed by atoms with van der Waals surface area (Å²) in [5, 5.41) is 0.372. The summed E-state index contributed by atoms with van der Waals surface area (Å²) < 4.78 is 0. The molecule has 19 heavy (non-hydrogen) atoms. The number of hydrogen-bond donors (Lipinski definition) is 1. The Kier molecular flexibility index (Phi) is 2.87. The summed E-state index contributed by atoms with van der Waals surface area (Å²) in [6, 6.07) is 7.24. The van der Waals surface area contributed by atoms with Crippen LogP contribution < -0.4 is 10.6 Å². The Morgan fingerprint density at radius 1 is 1.37 bits per heavy atom. The summed E-state index contributed by atoms with van der Waals surface area (Å²) >= 11 is 6.02. The lowest BCUT2D eigenvalue weighted by atomic mass is 10.1. The van der Waals surface area contributed by atoms with Crippen LogP contribution in [0.4, 0.5) is 11.4 Å². The first-order valence-electron chi connectivity index (χ1n) is 5.96. The monoisotopic (exact) mass is 273 g/mol. The van der Waals surface area contributed by atoms with Crippen LogP contribution >= 0.6 is 11.6 Å². The number of halogens is 1. The van der Waals surface area contributed by atoms with Crippen LogP contribution in [0.1, 0.15) is 15.9 Å². The number of fused-ring (bicyclic) bond motifs is 1. The van der Waals surface area contributed by atoms with Crippen LogP contribution in [0.15, 0.2) is 36.7 Å². The van der Waals surface area contributed by atoms with E-state index in [1.54, 1.807) is 23.2 Å². The molecule has 0 radical (unpaired) electrons. The Labute approximate surface area is 115 Å². The Morgan fingerprint density at radius 3 is 3.00 bits per heavy atom. The molecule has 2 N–H and O–H groups in total. The zero-order valence-corrected chi connectivity index (χ0v) is 10.9. The standard InChI is InChI=1S/C14H12ClN3O/c15-12-8-17-5-3-11(12)14(19)18-6-4-9-7-10(16)1-2-13(9)18/h1-3,5,7-8H,4,6,16H2. The lowest BCUT2D eigenvalue weighted by molar-refractivity contribution is 0.0989. The number of nitrogens with zero attached hydrogens (tertiary/aromatic N) is 2. The maximum Gasteiger partial charge on any atom is 0.259 e. The van der Waals surface area contributed by atoms with E-state index in [4.69, 9.17) is 17.3 Å². The number of benzene rings is 1. The molecule has 2 heterocycles. The van der Waals surface area contributed by atoms with Crippen LogP contribution in [-0.2, 0) is 6.42 Å². The van der Waals surface area contributed by atoms with E-state index in [1.165, 1.54) is 6.20 Å². The zero-order chi connectivity index (χ0) is 13.4. The number of aromatic nitrogens is 1. The van der Waals surface area contributed by atoms with Gasteiger partial charge < -0.3 is 10.6 Å². The molecule has 0 saturated carbocycles. The number of carbonyl (C=O) groups is 1. The predicted molar refractivity (Wildman–Crippen MR) is 75.5 cm³/mol. The fourth-order valence-corrected chi connectivity index (χ4v) is 2.53. The number of hydrogen-bond acceptors (Lipinski definition) is 3. The Morgan fingerprint density at radius 2 is 2.21 bits per heavy atom. The molecule has 3 rings (SSSR count). The molecule has 1 aromatic carbocycles. The molecule has 2 aromatic rings. The van der Waals surface area contributed by atoms with Crippen LogP contribution in [0, 0.1) is 0 Å². The highest BCUT2D eigenvalue weighted by atomic mass is 35.5. The summed E-state index contributed by atoms with van der Waals surface area (Å²) in [5.74, 6) is -0.101. The van der Waals surface area contributed by atoms with E-state index in [0.29, 0.717) is 17.1 Å². The molecule has 4 nitrogen and oxygen atoms in total. The average molecular weight is 274 g/mol. The second kappa shape index (κ2) is 4.55. The molecule has 0 bridgehead atoms. The van der Waals surface area contributed by atoms with E-state index < -0.39 is 0 Å². The molecule has 1 aromatic heterocycles. The first-order valence-corrected chi connectivity index (χ1v) is 6.34. The Bertz CT molecular complexity index is 657. The van der Waals surface area contributed by atoms with Gasteiger partial charge in [-0.2, -0.15) is 0 Å². The molecular formula is C14H12ClN3O. The Hall–Kier alpha value is -2.07. The second-order valence-corrected chi connectivity index (χ2v) is 4.86. The SMILES string of the molecule is Nc1ccc2c(c1)CCN2C(=O)c1ccncc1Cl. The lowest BCUT2D eigenvalue weighted by Crippen LogP contribution is -2.29. The molecule has 0 saturated heterocycles. The van der Waals surface area contributed by atoms with Gasteiger partial charge in [0, 0.05) is 30.3 Å². The van der Waals surface area contributed by atoms with Gasteiger partial charge in [0.15, 0.2) is 0 Å². The van der Waals surface area contributed by atoms with Gasteiger partial charge in [-0.15, -0.1) is 0 Å². The average Bonchev–Trinajstić information content (AvgIpc) is 2.81. The minimum Gasteiger partial charge on any atom is -0.399 e. The van der Waals surface area contributed by atoms with Crippen molar-refractivity contribution in [1.82, 2.24) is 4.98 Å². The van der Waals surface area contributed by atoms with Gasteiger partial charge in [-0.1, -0.05) is 11.6 Å². The van der Waals surface area contributed by atoms with Gasteiger partial charge in [0.25, 0.3) is 5.91 Å². The van der Waals surface area contributed by atoms with Crippen LogP contribution in [0.2, 0.25) is 5.02 Å². The van der Waals surface area contributed by atoms with Crippen LogP contribution in [0.25, 0.3) is 0 Å². The number of carbonyl (C=O) groups excluding carboxylic acids is 1. The molecule has 1 aliphatic heterocycles. The number of anilines is 2. The summed E-state index contributed by atoms with van der Waals surface area (Å²) in [4.78, 5) is 18.1. The van der Waals surface area contributed by atoms with E-state index in [2.05, 4.69) is 4.98 Å². The minimum atomic E-state index is -0.101. The van der Waals surface area contributed by atoms with Crippen molar-refractivity contribution in [3.8, 4) is 0 Å². The van der Waals surface area contributed by atoms with Gasteiger partial charge in [-0.25, -0.2) is 0 Å². The van der Waals surface area contributed by atoms with E-state index >= 15 is 0 Å². The zero-order valence-electron chi connectivity index (χ0n) is 10.1. The fraction of sp³-hybridized carbons (Fsp3) is 0.143. The number of pyridine rings is 1. The quantitative estimate of drug-likeness (QED) is 0.812. The van der Waals surface area contributed by atoms with Gasteiger partial charge in [0.1, 0.15) is 0 Å². The molecule has 0 unspecified atom stereocenters. The van der Waals surface area contributed by atoms with Crippen molar-refractivity contribution in [2.45, 2.75) is 6.42 Å². The van der Waals surface area contributed by atoms with Crippen LogP contribution in [0.5, 0.6) is 0 Å². The first-order chi connectivity index (χ1) is 9.16. The molecule has 0 aliphatic carbocycles. The molecule has 1 amide bonds. The first kappa shape index (κ1) is 12.0. The number of nitrogen functional groups attached to an aromatic ring is 1. The highest BCUT2D eigenvalue weighted by Gasteiger charge is 2.26. The summed E-state index contributed by atoms with van der Waals surface area (Å²) in [7, 11) is 0. The van der Waals surface area contributed by atoms with E-state index in [1.807, 2.05) is 12.1 Å². The molecule has 0 spiro atoms. The third kappa shape index (κ3) is 2.04. The van der Waals surface area contributed by atoms with E-state index in [0.717, 1.165) is 23.4 Å². The summed E-state index contributed by atoms with van der Waals surface area (Å²) in [6.07, 6.45) is 3.86. The fourth-order valence-electron chi connectivity index (χ4n) is 2.33. The van der Waals surface area contributed by atoms with Crippen LogP contribution in [0.3, 0.4) is 0 Å². The van der Waals surface area contributed by atoms with E-state index in [-0.39, 0.29) is 5.91 Å². The number of nitrogens with two attached hydrogens (primary N) is 1. The van der Waals surface area contributed by atoms with Gasteiger partial charge in [-0.05, 0) is 36.2 Å². The molecular weight excluding hydrogens is 262 g/mol.